The number of hydrogen-bond donors (Lipinski definition) is 0. The molecule has 1 atom stereocenters. The SMILES string of the molecule is CCc1cc[n+](C)c(-c2c(C)ccc3c2oc2nc(C(C)(C)C)ccc23)c1.[2H]C(C)(C)c1ccc2c(n1)oc1c(-c3cc(CC)cc[n+]3C)c(C)ccc12.[2H]C([2H])([2H])C(C)(Cc1ccc2c(n1)oc1c(-c3cc(CC)cc[n+]3C)c(C)ccc12)C([2H])([2H])[2H].[2H]C([2H])([2H])C([2H])(C)Cc1ccc2c(n1)oc1c(-c3cc(CC)cc[n+]3C)c(C)ccc12. The third-order valence-corrected chi connectivity index (χ3v) is 20.8. The number of rotatable bonds is 12. The molecule has 0 bridgehead atoms. The topological polar surface area (TPSA) is 120 Å². The van der Waals surface area contributed by atoms with E-state index in [2.05, 4.69) is 232 Å². The molecule has 12 aromatic heterocycles. The van der Waals surface area contributed by atoms with Crippen LogP contribution in [-0.4, -0.2) is 19.9 Å². The highest BCUT2D eigenvalue weighted by Crippen LogP contribution is 2.42. The molecule has 0 fully saturated rings. The van der Waals surface area contributed by atoms with Crippen molar-refractivity contribution >= 4 is 88.3 Å². The summed E-state index contributed by atoms with van der Waals surface area (Å²) in [4.78, 5) is 18.6. The lowest BCUT2D eigenvalue weighted by atomic mass is 9.90. The van der Waals surface area contributed by atoms with Gasteiger partial charge in [0.15, 0.2) is 47.1 Å². The Morgan fingerprint density at radius 1 is 0.389 bits per heavy atom. The minimum atomic E-state index is -2.67. The quantitative estimate of drug-likeness (QED) is 0.111. The lowest BCUT2D eigenvalue weighted by Gasteiger charge is -2.16. The van der Waals surface area contributed by atoms with Crippen LogP contribution in [0.2, 0.25) is 0 Å². The summed E-state index contributed by atoms with van der Waals surface area (Å²) in [7, 11) is 8.17. The Bertz CT molecular complexity index is 6390. The summed E-state index contributed by atoms with van der Waals surface area (Å²) in [6, 6.07) is 49.7. The zero-order chi connectivity index (χ0) is 86.3. The number of pyridine rings is 8. The van der Waals surface area contributed by atoms with Crippen molar-refractivity contribution in [2.45, 2.75) is 174 Å². The van der Waals surface area contributed by atoms with E-state index >= 15 is 0 Å². The molecule has 12 nitrogen and oxygen atoms in total. The first kappa shape index (κ1) is 62.3. The first-order valence-corrected chi connectivity index (χ1v) is 37.6. The highest BCUT2D eigenvalue weighted by atomic mass is 16.4. The summed E-state index contributed by atoms with van der Waals surface area (Å²) < 4.78 is 120. The lowest BCUT2D eigenvalue weighted by Crippen LogP contribution is -2.30. The molecule has 0 aliphatic rings. The van der Waals surface area contributed by atoms with Gasteiger partial charge in [-0.1, -0.05) is 145 Å². The highest BCUT2D eigenvalue weighted by molar-refractivity contribution is 6.12. The molecule has 16 aromatic rings. The molecule has 0 aliphatic heterocycles. The molecule has 0 saturated carbocycles. The summed E-state index contributed by atoms with van der Waals surface area (Å²) in [6.45, 7) is 22.2. The van der Waals surface area contributed by atoms with Crippen LogP contribution in [0, 0.1) is 39.0 Å². The van der Waals surface area contributed by atoms with Gasteiger partial charge in [-0.25, -0.2) is 38.2 Å². The average Bonchev–Trinajstić information content (AvgIpc) is 1.58. The van der Waals surface area contributed by atoms with Crippen molar-refractivity contribution < 1.29 is 51.0 Å². The molecule has 12 heteroatoms. The predicted molar refractivity (Wildman–Crippen MR) is 443 cm³/mol. The number of aromatic nitrogens is 8. The van der Waals surface area contributed by atoms with E-state index in [1.165, 1.54) is 52.9 Å². The number of fused-ring (bicyclic) bond motifs is 12. The van der Waals surface area contributed by atoms with Gasteiger partial charge in [-0.05, 0) is 176 Å². The summed E-state index contributed by atoms with van der Waals surface area (Å²) in [6.07, 6.45) is 12.0. The smallest absolute Gasteiger partial charge is 0.227 e. The number of furan rings is 4. The second-order valence-corrected chi connectivity index (χ2v) is 30.6. The summed E-state index contributed by atoms with van der Waals surface area (Å²) in [5.41, 5.74) is 24.5. The fourth-order valence-electron chi connectivity index (χ4n) is 14.5. The van der Waals surface area contributed by atoms with Crippen LogP contribution in [0.15, 0.2) is 188 Å². The Kier molecular flexibility index (Phi) is 17.6. The first-order chi connectivity index (χ1) is 55.9. The molecule has 0 saturated heterocycles. The van der Waals surface area contributed by atoms with Gasteiger partial charge in [0.25, 0.3) is 0 Å². The van der Waals surface area contributed by atoms with E-state index in [1.54, 1.807) is 12.1 Å². The van der Waals surface area contributed by atoms with Gasteiger partial charge in [-0.15, -0.1) is 0 Å². The summed E-state index contributed by atoms with van der Waals surface area (Å²) in [5.74, 6) is -2.37. The van der Waals surface area contributed by atoms with Crippen LogP contribution < -0.4 is 18.3 Å². The molecular weight excluding hydrogens is 1330 g/mol. The highest BCUT2D eigenvalue weighted by Gasteiger charge is 2.28. The zero-order valence-electron chi connectivity index (χ0n) is 77.1. The number of hydrogen-bond acceptors (Lipinski definition) is 8. The van der Waals surface area contributed by atoms with Crippen LogP contribution in [-0.2, 0) is 72.1 Å². The van der Waals surface area contributed by atoms with E-state index in [0.29, 0.717) is 39.8 Å². The maximum absolute atomic E-state index is 8.26. The first-order valence-electron chi connectivity index (χ1n) is 43.1. The Morgan fingerprint density at radius 3 is 1.04 bits per heavy atom. The number of nitrogens with zero attached hydrogens (tertiary/aromatic N) is 8. The van der Waals surface area contributed by atoms with E-state index in [1.807, 2.05) is 77.5 Å². The van der Waals surface area contributed by atoms with Crippen LogP contribution in [0.3, 0.4) is 0 Å². The van der Waals surface area contributed by atoms with Crippen molar-refractivity contribution in [1.82, 2.24) is 19.9 Å². The van der Waals surface area contributed by atoms with Crippen molar-refractivity contribution in [3.8, 4) is 45.0 Å². The van der Waals surface area contributed by atoms with Gasteiger partial charge in [0, 0.05) is 135 Å². The summed E-state index contributed by atoms with van der Waals surface area (Å²) in [5, 5.41) is 7.83. The summed E-state index contributed by atoms with van der Waals surface area (Å²) >= 11 is 0. The minimum absolute atomic E-state index is 0.00614. The van der Waals surface area contributed by atoms with Crippen LogP contribution in [0.1, 0.15) is 185 Å². The lowest BCUT2D eigenvalue weighted by molar-refractivity contribution is -0.660. The molecule has 108 heavy (non-hydrogen) atoms. The van der Waals surface area contributed by atoms with E-state index in [4.69, 9.17) is 37.7 Å². The standard InChI is InChI=1S/C25H29N2O.2C24H27N2O.C23H25N2O/c1-7-17-12-13-27(6)21(14-17)22-16(2)8-10-19-20-11-9-18(15-25(3,4)5)26-24(20)28-23(19)22;1-7-16-12-13-26(6)19(14-16)21-15(2)8-9-17-18-10-11-20(24(3,4)5)25-23(18)27-22(17)21;1-6-17-11-12-26(5)21(14-17)22-16(4)7-9-19-20-10-8-18(13-15(2)3)25-24(20)27-23(19)22;1-6-16-11-12-25(5)20(13-16)21-15(4)7-8-17-18-9-10-19(14(2)3)24-23(18)26-22(17)21/h8-14H,7,15H2,1-6H3;8-14H,7H2,1-6H3;7-12,14-15H,6,13H2,1-5H3;7-14H,6H2,1-5H3/q4*+1/i3D3,4D3;;2D3,15D;14D. The van der Waals surface area contributed by atoms with Crippen molar-refractivity contribution in [1.29, 1.82) is 0 Å². The molecular formula is C96H108N8O4+4. The van der Waals surface area contributed by atoms with Crippen molar-refractivity contribution in [3.05, 3.63) is 238 Å². The van der Waals surface area contributed by atoms with Gasteiger partial charge >= 0.3 is 0 Å². The Hall–Kier alpha value is -10.7. The molecule has 0 amide bonds. The molecule has 0 N–H and O–H groups in total. The maximum Gasteiger partial charge on any atom is 0.227 e. The minimum Gasteiger partial charge on any atom is -0.437 e. The van der Waals surface area contributed by atoms with Crippen molar-refractivity contribution in [2.24, 2.45) is 39.5 Å². The van der Waals surface area contributed by atoms with Crippen molar-refractivity contribution in [2.75, 3.05) is 0 Å². The molecule has 0 spiro atoms. The normalized spacial score (nSPS) is 14.5. The van der Waals surface area contributed by atoms with Gasteiger partial charge in [0.05, 0.1) is 22.3 Å². The molecule has 1 unspecified atom stereocenters. The van der Waals surface area contributed by atoms with Gasteiger partial charge in [-0.2, -0.15) is 0 Å². The number of benzene rings is 4. The van der Waals surface area contributed by atoms with Crippen LogP contribution in [0.5, 0.6) is 0 Å². The van der Waals surface area contributed by atoms with Gasteiger partial charge in [-0.3, -0.25) is 0 Å². The van der Waals surface area contributed by atoms with Crippen molar-refractivity contribution in [3.63, 3.8) is 0 Å². The van der Waals surface area contributed by atoms with Crippen LogP contribution >= 0.6 is 0 Å². The monoisotopic (exact) mass is 1450 g/mol. The molecule has 552 valence electrons. The Balaban J connectivity index is 0.000000138. The Morgan fingerprint density at radius 2 is 0.704 bits per heavy atom. The van der Waals surface area contributed by atoms with E-state index in [9.17, 15) is 0 Å². The van der Waals surface area contributed by atoms with Gasteiger partial charge in [0.2, 0.25) is 45.6 Å². The molecule has 12 heterocycles. The van der Waals surface area contributed by atoms with E-state index in [0.717, 1.165) is 147 Å². The largest absolute Gasteiger partial charge is 0.437 e. The fraction of sp³-hybridized carbons (Fsp3) is 0.333. The Labute approximate surface area is 652 Å². The third-order valence-electron chi connectivity index (χ3n) is 20.8. The second-order valence-electron chi connectivity index (χ2n) is 30.6. The molecule has 16 rings (SSSR count). The molecule has 0 aliphatic carbocycles. The number of aryl methyl sites for hydroxylation is 12. The molecule has 0 radical (unpaired) electrons. The van der Waals surface area contributed by atoms with Crippen LogP contribution in [0.4, 0.5) is 0 Å². The maximum atomic E-state index is 8.26. The van der Waals surface area contributed by atoms with Gasteiger partial charge in [0.1, 0.15) is 28.2 Å². The van der Waals surface area contributed by atoms with E-state index in [-0.39, 0.29) is 18.3 Å². The average molecular weight is 1450 g/mol. The van der Waals surface area contributed by atoms with Gasteiger partial charge < -0.3 is 17.7 Å². The molecule has 4 aromatic carbocycles. The van der Waals surface area contributed by atoms with E-state index < -0.39 is 37.8 Å². The fourth-order valence-corrected chi connectivity index (χ4v) is 14.5. The predicted octanol–water partition coefficient (Wildman–Crippen LogP) is 22.6. The van der Waals surface area contributed by atoms with Crippen LogP contribution in [0.25, 0.3) is 133 Å². The second kappa shape index (κ2) is 30.5. The zero-order valence-corrected chi connectivity index (χ0v) is 66.1. The third kappa shape index (κ3) is 15.2.